The van der Waals surface area contributed by atoms with Gasteiger partial charge in [0.25, 0.3) is 0 Å². The summed E-state index contributed by atoms with van der Waals surface area (Å²) in [5.74, 6) is 4.02. The number of benzene rings is 2. The van der Waals surface area contributed by atoms with E-state index in [1.54, 1.807) is 0 Å². The number of aromatic nitrogens is 4. The summed E-state index contributed by atoms with van der Waals surface area (Å²) in [4.78, 5) is 20.7. The van der Waals surface area contributed by atoms with E-state index in [4.69, 9.17) is 14.7 Å². The normalized spacial score (nSPS) is 17.6. The molecule has 1 aliphatic heterocycles. The molecule has 0 fully saturated rings. The molecule has 1 N–H and O–H groups in total. The molecule has 0 saturated carbocycles. The molecule has 7 heteroatoms. The molecule has 2 aliphatic rings. The summed E-state index contributed by atoms with van der Waals surface area (Å²) >= 11 is 0. The fraction of sp³-hybridized carbons (Fsp3) is 0.528. The molecule has 2 unspecified atom stereocenters. The lowest BCUT2D eigenvalue weighted by Crippen LogP contribution is -2.32. The van der Waals surface area contributed by atoms with Crippen molar-refractivity contribution in [2.75, 3.05) is 18.1 Å². The topological polar surface area (TPSA) is 66.9 Å². The molecular formula is C36H46FN5O. The van der Waals surface area contributed by atoms with Crippen molar-refractivity contribution in [2.24, 2.45) is 11.3 Å². The van der Waals surface area contributed by atoms with E-state index in [-0.39, 0.29) is 11.3 Å². The zero-order chi connectivity index (χ0) is 30.1. The smallest absolute Gasteiger partial charge is 0.136 e. The summed E-state index contributed by atoms with van der Waals surface area (Å²) < 4.78 is 20.9. The van der Waals surface area contributed by atoms with Crippen LogP contribution in [0.15, 0.2) is 36.4 Å². The van der Waals surface area contributed by atoms with Gasteiger partial charge in [0.2, 0.25) is 0 Å². The fourth-order valence-electron chi connectivity index (χ4n) is 6.85. The Kier molecular flexibility index (Phi) is 8.43. The average molecular weight is 584 g/mol. The minimum Gasteiger partial charge on any atom is -0.491 e. The first-order valence-corrected chi connectivity index (χ1v) is 16.2. The Hall–Kier alpha value is -3.48. The molecule has 1 aliphatic carbocycles. The maximum absolute atomic E-state index is 14.6. The van der Waals surface area contributed by atoms with Gasteiger partial charge in [-0.1, -0.05) is 52.7 Å². The van der Waals surface area contributed by atoms with Crippen LogP contribution in [-0.2, 0) is 25.8 Å². The summed E-state index contributed by atoms with van der Waals surface area (Å²) in [5.41, 5.74) is 8.16. The van der Waals surface area contributed by atoms with Crippen LogP contribution in [0.4, 0.5) is 10.2 Å². The van der Waals surface area contributed by atoms with Crippen LogP contribution in [-0.4, -0.2) is 39.3 Å². The lowest BCUT2D eigenvalue weighted by atomic mass is 9.76. The number of aromatic amines is 1. The number of hydrogen-bond acceptors (Lipinski definition) is 5. The van der Waals surface area contributed by atoms with E-state index in [2.05, 4.69) is 79.0 Å². The zero-order valence-corrected chi connectivity index (χ0v) is 26.5. The van der Waals surface area contributed by atoms with Gasteiger partial charge in [-0.2, -0.15) is 0 Å². The molecule has 2 atom stereocenters. The van der Waals surface area contributed by atoms with Crippen LogP contribution in [0.5, 0.6) is 5.75 Å². The highest BCUT2D eigenvalue weighted by molar-refractivity contribution is 5.82. The Morgan fingerprint density at radius 1 is 1.07 bits per heavy atom. The first kappa shape index (κ1) is 29.6. The second-order valence-electron chi connectivity index (χ2n) is 13.5. The van der Waals surface area contributed by atoms with Crippen molar-refractivity contribution in [2.45, 2.75) is 98.7 Å². The third-order valence-electron chi connectivity index (χ3n) is 9.32. The first-order valence-electron chi connectivity index (χ1n) is 16.2. The van der Waals surface area contributed by atoms with E-state index in [1.165, 1.54) is 11.3 Å². The third-order valence-corrected chi connectivity index (χ3v) is 9.32. The number of H-pyrrole nitrogens is 1. The number of rotatable bonds is 9. The summed E-state index contributed by atoms with van der Waals surface area (Å²) in [6.07, 6.45) is 6.05. The summed E-state index contributed by atoms with van der Waals surface area (Å²) in [6.45, 7) is 13.0. The van der Waals surface area contributed by atoms with Crippen LogP contribution in [0.2, 0.25) is 0 Å². The van der Waals surface area contributed by atoms with Crippen LogP contribution in [0.25, 0.3) is 22.2 Å². The Bertz CT molecular complexity index is 1590. The van der Waals surface area contributed by atoms with Gasteiger partial charge in [-0.3, -0.25) is 0 Å². The molecular weight excluding hydrogens is 537 g/mol. The van der Waals surface area contributed by atoms with Gasteiger partial charge in [0, 0.05) is 29.8 Å². The molecule has 2 aromatic carbocycles. The second-order valence-corrected chi connectivity index (χ2v) is 13.5. The number of imidazole rings is 1. The quantitative estimate of drug-likeness (QED) is 0.215. The van der Waals surface area contributed by atoms with Crippen molar-refractivity contribution in [3.63, 3.8) is 0 Å². The Labute approximate surface area is 255 Å². The van der Waals surface area contributed by atoms with Crippen molar-refractivity contribution in [1.29, 1.82) is 0 Å². The number of ether oxygens (including phenoxy) is 1. The van der Waals surface area contributed by atoms with Gasteiger partial charge in [0.1, 0.15) is 36.0 Å². The zero-order valence-electron chi connectivity index (χ0n) is 26.5. The van der Waals surface area contributed by atoms with Crippen LogP contribution in [0.1, 0.15) is 88.3 Å². The molecule has 0 radical (unpaired) electrons. The van der Waals surface area contributed by atoms with Gasteiger partial charge in [-0.15, -0.1) is 0 Å². The van der Waals surface area contributed by atoms with Crippen molar-refractivity contribution >= 4 is 16.9 Å². The van der Waals surface area contributed by atoms with Crippen molar-refractivity contribution in [3.05, 3.63) is 64.9 Å². The van der Waals surface area contributed by atoms with E-state index in [0.717, 1.165) is 103 Å². The van der Waals surface area contributed by atoms with Crippen molar-refractivity contribution in [3.8, 4) is 16.9 Å². The minimum atomic E-state index is -0.751. The van der Waals surface area contributed by atoms with Gasteiger partial charge in [-0.05, 0) is 85.8 Å². The molecule has 6 nitrogen and oxygen atoms in total. The number of halogens is 1. The summed E-state index contributed by atoms with van der Waals surface area (Å²) in [5, 5.41) is 0. The average Bonchev–Trinajstić information content (AvgIpc) is 3.22. The minimum absolute atomic E-state index is 0.206. The monoisotopic (exact) mass is 583 g/mol. The molecule has 0 saturated heterocycles. The first-order chi connectivity index (χ1) is 20.7. The SMILES string of the molecule is CCCC(F)CC(CC)Cc1nc2c(c(N3CCOc4ccc(-c5ccc6nc(C)[nH]c6c5)cc4C3)n1)CC(C)(C)CC2. The predicted octanol–water partition coefficient (Wildman–Crippen LogP) is 8.34. The van der Waals surface area contributed by atoms with E-state index in [0.29, 0.717) is 19.4 Å². The van der Waals surface area contributed by atoms with Gasteiger partial charge in [0.15, 0.2) is 0 Å². The molecule has 0 spiro atoms. The number of alkyl halides is 1. The molecule has 43 heavy (non-hydrogen) atoms. The van der Waals surface area contributed by atoms with Crippen LogP contribution < -0.4 is 9.64 Å². The van der Waals surface area contributed by atoms with Gasteiger partial charge >= 0.3 is 0 Å². The number of aryl methyl sites for hydroxylation is 2. The number of anilines is 1. The number of nitrogens with one attached hydrogen (secondary N) is 1. The second kappa shape index (κ2) is 12.3. The molecule has 4 aromatic rings. The number of nitrogens with zero attached hydrogens (tertiary/aromatic N) is 4. The Morgan fingerprint density at radius 2 is 1.88 bits per heavy atom. The standard InChI is InChI=1S/C36H46FN5O/c1-6-8-28(37)17-24(7-2)18-34-40-30-13-14-36(4,5)21-29(30)35(41-34)42-15-16-43-33-12-10-25(19-27(33)22-42)26-9-11-31-32(20-26)39-23(3)38-31/h9-12,19-20,24,28H,6-8,13-18,21-22H2,1-5H3,(H,38,39). The molecule has 2 aromatic heterocycles. The predicted molar refractivity (Wildman–Crippen MR) is 173 cm³/mol. The largest absolute Gasteiger partial charge is 0.491 e. The van der Waals surface area contributed by atoms with E-state index >= 15 is 0 Å². The summed E-state index contributed by atoms with van der Waals surface area (Å²) in [6, 6.07) is 12.9. The Balaban J connectivity index is 1.33. The lowest BCUT2D eigenvalue weighted by molar-refractivity contribution is 0.245. The highest BCUT2D eigenvalue weighted by atomic mass is 19.1. The van der Waals surface area contributed by atoms with E-state index in [1.807, 2.05) is 6.92 Å². The van der Waals surface area contributed by atoms with Gasteiger partial charge < -0.3 is 14.6 Å². The highest BCUT2D eigenvalue weighted by Crippen LogP contribution is 2.40. The summed E-state index contributed by atoms with van der Waals surface area (Å²) in [7, 11) is 0. The van der Waals surface area contributed by atoms with Crippen LogP contribution >= 0.6 is 0 Å². The lowest BCUT2D eigenvalue weighted by Gasteiger charge is -2.34. The highest BCUT2D eigenvalue weighted by Gasteiger charge is 2.32. The van der Waals surface area contributed by atoms with Crippen molar-refractivity contribution < 1.29 is 9.13 Å². The van der Waals surface area contributed by atoms with Crippen molar-refractivity contribution in [1.82, 2.24) is 19.9 Å². The molecule has 0 bridgehead atoms. The third kappa shape index (κ3) is 6.56. The van der Waals surface area contributed by atoms with Crippen LogP contribution in [0.3, 0.4) is 0 Å². The maximum atomic E-state index is 14.6. The Morgan fingerprint density at radius 3 is 2.70 bits per heavy atom. The number of hydrogen-bond donors (Lipinski definition) is 1. The van der Waals surface area contributed by atoms with Gasteiger partial charge in [-0.25, -0.2) is 19.3 Å². The van der Waals surface area contributed by atoms with E-state index < -0.39 is 6.17 Å². The van der Waals surface area contributed by atoms with Crippen LogP contribution in [0, 0.1) is 18.3 Å². The van der Waals surface area contributed by atoms with Gasteiger partial charge in [0.05, 0.1) is 17.6 Å². The fourth-order valence-corrected chi connectivity index (χ4v) is 6.85. The van der Waals surface area contributed by atoms with E-state index in [9.17, 15) is 4.39 Å². The molecule has 228 valence electrons. The molecule has 6 rings (SSSR count). The maximum Gasteiger partial charge on any atom is 0.136 e. The molecule has 0 amide bonds. The molecule has 3 heterocycles. The number of fused-ring (bicyclic) bond motifs is 3.